The third-order valence-corrected chi connectivity index (χ3v) is 7.12. The molecule has 2 aromatic rings. The van der Waals surface area contributed by atoms with Crippen molar-refractivity contribution in [2.24, 2.45) is 5.73 Å². The van der Waals surface area contributed by atoms with Gasteiger partial charge in [0.25, 0.3) is 5.91 Å². The highest BCUT2D eigenvalue weighted by atomic mass is 35.5. The van der Waals surface area contributed by atoms with Gasteiger partial charge in [0.1, 0.15) is 5.82 Å². The Labute approximate surface area is 219 Å². The Morgan fingerprint density at radius 2 is 1.81 bits per heavy atom. The van der Waals surface area contributed by atoms with Gasteiger partial charge in [-0.3, -0.25) is 14.6 Å². The number of piperidine rings is 1. The Morgan fingerprint density at radius 1 is 1.05 bits per heavy atom. The smallest absolute Gasteiger partial charge is 0.367 e. The van der Waals surface area contributed by atoms with Crippen LogP contribution in [0.1, 0.15) is 35.2 Å². The van der Waals surface area contributed by atoms with Gasteiger partial charge in [-0.15, -0.1) is 0 Å². The van der Waals surface area contributed by atoms with Gasteiger partial charge in [-0.2, -0.15) is 13.2 Å². The molecule has 2 aliphatic heterocycles. The molecule has 2 fully saturated rings. The standard InChI is InChI=1S/C26H32ClF4N5O/c27-19-3-6-23(24(15-19)36-12-10-34(11-13-36)9-7-26(29,30)31)33-25(37)22-5-4-20(28)14-18(22)16-35-8-1-2-21(32)17-35/h3-6,14-15,21H,1-2,7-13,16-17,32H2,(H,33,37). The Balaban J connectivity index is 1.47. The quantitative estimate of drug-likeness (QED) is 0.496. The van der Waals surface area contributed by atoms with Crippen molar-refractivity contribution in [2.45, 2.75) is 38.0 Å². The SMILES string of the molecule is NC1CCCN(Cc2cc(F)ccc2C(=O)Nc2ccc(Cl)cc2N2CCN(CCC(F)(F)F)CC2)C1. The van der Waals surface area contributed by atoms with E-state index in [4.69, 9.17) is 17.3 Å². The van der Waals surface area contributed by atoms with Crippen molar-refractivity contribution >= 4 is 28.9 Å². The molecule has 6 nitrogen and oxygen atoms in total. The summed E-state index contributed by atoms with van der Waals surface area (Å²) >= 11 is 6.25. The Bertz CT molecular complexity index is 1090. The summed E-state index contributed by atoms with van der Waals surface area (Å²) in [5.41, 5.74) is 8.28. The van der Waals surface area contributed by atoms with Crippen LogP contribution in [-0.2, 0) is 6.54 Å². The van der Waals surface area contributed by atoms with E-state index >= 15 is 0 Å². The molecule has 202 valence electrons. The lowest BCUT2D eigenvalue weighted by Crippen LogP contribution is -2.47. The molecule has 0 aliphatic carbocycles. The zero-order valence-electron chi connectivity index (χ0n) is 20.5. The number of nitrogens with zero attached hydrogens (tertiary/aromatic N) is 3. The second-order valence-corrected chi connectivity index (χ2v) is 10.2. The normalized spacial score (nSPS) is 19.7. The highest BCUT2D eigenvalue weighted by molar-refractivity contribution is 6.31. The second kappa shape index (κ2) is 12.0. The number of carbonyl (C=O) groups excluding carboxylic acids is 1. The second-order valence-electron chi connectivity index (χ2n) is 9.75. The largest absolute Gasteiger partial charge is 0.390 e. The summed E-state index contributed by atoms with van der Waals surface area (Å²) in [6.07, 6.45) is -3.12. The van der Waals surface area contributed by atoms with E-state index in [2.05, 4.69) is 10.2 Å². The van der Waals surface area contributed by atoms with Gasteiger partial charge >= 0.3 is 6.18 Å². The van der Waals surface area contributed by atoms with E-state index in [0.717, 1.165) is 19.4 Å². The number of carbonyl (C=O) groups is 1. The van der Waals surface area contributed by atoms with Crippen molar-refractivity contribution in [2.75, 3.05) is 56.0 Å². The summed E-state index contributed by atoms with van der Waals surface area (Å²) in [6, 6.07) is 9.31. The van der Waals surface area contributed by atoms with Crippen LogP contribution in [-0.4, -0.2) is 73.7 Å². The summed E-state index contributed by atoms with van der Waals surface area (Å²) in [5.74, 6) is -0.785. The number of anilines is 2. The minimum Gasteiger partial charge on any atom is -0.367 e. The summed E-state index contributed by atoms with van der Waals surface area (Å²) in [4.78, 5) is 19.3. The average molecular weight is 542 g/mol. The van der Waals surface area contributed by atoms with Crippen LogP contribution in [0.25, 0.3) is 0 Å². The third kappa shape index (κ3) is 7.80. The molecular formula is C26H32ClF4N5O. The fourth-order valence-electron chi connectivity index (χ4n) is 4.95. The molecule has 0 spiro atoms. The molecule has 0 aromatic heterocycles. The van der Waals surface area contributed by atoms with E-state index in [1.54, 1.807) is 23.1 Å². The number of nitrogens with two attached hydrogens (primary N) is 1. The molecule has 0 radical (unpaired) electrons. The maximum atomic E-state index is 14.1. The zero-order chi connectivity index (χ0) is 26.6. The van der Waals surface area contributed by atoms with Crippen LogP contribution >= 0.6 is 11.6 Å². The Hall–Kier alpha value is -2.40. The van der Waals surface area contributed by atoms with Crippen molar-refractivity contribution in [3.05, 3.63) is 58.4 Å². The zero-order valence-corrected chi connectivity index (χ0v) is 21.3. The van der Waals surface area contributed by atoms with Crippen LogP contribution in [0.4, 0.5) is 28.9 Å². The van der Waals surface area contributed by atoms with Gasteiger partial charge in [0.2, 0.25) is 0 Å². The van der Waals surface area contributed by atoms with E-state index in [9.17, 15) is 22.4 Å². The first-order valence-corrected chi connectivity index (χ1v) is 12.9. The molecule has 0 saturated carbocycles. The lowest BCUT2D eigenvalue weighted by Gasteiger charge is -2.37. The maximum absolute atomic E-state index is 14.1. The fourth-order valence-corrected chi connectivity index (χ4v) is 5.12. The van der Waals surface area contributed by atoms with Crippen molar-refractivity contribution in [1.29, 1.82) is 0 Å². The topological polar surface area (TPSA) is 64.8 Å². The van der Waals surface area contributed by atoms with E-state index in [1.807, 2.05) is 4.90 Å². The summed E-state index contributed by atoms with van der Waals surface area (Å²) in [7, 11) is 0. The fraction of sp³-hybridized carbons (Fsp3) is 0.500. The Kier molecular flexibility index (Phi) is 8.94. The molecule has 37 heavy (non-hydrogen) atoms. The number of hydrogen-bond acceptors (Lipinski definition) is 5. The summed E-state index contributed by atoms with van der Waals surface area (Å²) < 4.78 is 51.9. The molecule has 2 aliphatic rings. The van der Waals surface area contributed by atoms with Gasteiger partial charge in [0.05, 0.1) is 17.8 Å². The van der Waals surface area contributed by atoms with E-state index in [1.165, 1.54) is 18.2 Å². The minimum absolute atomic E-state index is 0.0360. The first kappa shape index (κ1) is 27.6. The van der Waals surface area contributed by atoms with Crippen LogP contribution in [0, 0.1) is 5.82 Å². The van der Waals surface area contributed by atoms with Crippen molar-refractivity contribution in [3.63, 3.8) is 0 Å². The van der Waals surface area contributed by atoms with Gasteiger partial charge in [0.15, 0.2) is 0 Å². The molecule has 1 atom stereocenters. The van der Waals surface area contributed by atoms with E-state index < -0.39 is 18.4 Å². The molecule has 0 bridgehead atoms. The lowest BCUT2D eigenvalue weighted by molar-refractivity contribution is -0.138. The van der Waals surface area contributed by atoms with Gasteiger partial charge < -0.3 is 16.0 Å². The first-order chi connectivity index (χ1) is 17.6. The number of piperazine rings is 1. The number of hydrogen-bond donors (Lipinski definition) is 2. The van der Waals surface area contributed by atoms with Gasteiger partial charge in [-0.05, 0) is 61.3 Å². The van der Waals surface area contributed by atoms with Crippen molar-refractivity contribution < 1.29 is 22.4 Å². The molecule has 2 heterocycles. The molecule has 1 unspecified atom stereocenters. The van der Waals surface area contributed by atoms with Gasteiger partial charge in [-0.25, -0.2) is 4.39 Å². The molecular weight excluding hydrogens is 510 g/mol. The van der Waals surface area contributed by atoms with Crippen molar-refractivity contribution in [1.82, 2.24) is 9.80 Å². The number of rotatable bonds is 7. The average Bonchev–Trinajstić information content (AvgIpc) is 2.84. The molecule has 2 aromatic carbocycles. The molecule has 1 amide bonds. The molecule has 4 rings (SSSR count). The van der Waals surface area contributed by atoms with Gasteiger partial charge in [0, 0.05) is 62.4 Å². The van der Waals surface area contributed by atoms with Crippen LogP contribution in [0.2, 0.25) is 5.02 Å². The number of halogens is 5. The highest BCUT2D eigenvalue weighted by Gasteiger charge is 2.29. The van der Waals surface area contributed by atoms with Crippen LogP contribution in [0.15, 0.2) is 36.4 Å². The van der Waals surface area contributed by atoms with Crippen molar-refractivity contribution in [3.8, 4) is 0 Å². The maximum Gasteiger partial charge on any atom is 0.390 e. The number of nitrogens with one attached hydrogen (secondary N) is 1. The predicted molar refractivity (Wildman–Crippen MR) is 138 cm³/mol. The van der Waals surface area contributed by atoms with Crippen LogP contribution < -0.4 is 16.0 Å². The summed E-state index contributed by atoms with van der Waals surface area (Å²) in [6.45, 7) is 3.84. The minimum atomic E-state index is -4.18. The molecule has 3 N–H and O–H groups in total. The van der Waals surface area contributed by atoms with Gasteiger partial charge in [-0.1, -0.05) is 11.6 Å². The Morgan fingerprint density at radius 3 is 2.51 bits per heavy atom. The molecule has 11 heteroatoms. The first-order valence-electron chi connectivity index (χ1n) is 12.5. The molecule has 2 saturated heterocycles. The third-order valence-electron chi connectivity index (χ3n) is 6.88. The van der Waals surface area contributed by atoms with Crippen LogP contribution in [0.5, 0.6) is 0 Å². The summed E-state index contributed by atoms with van der Waals surface area (Å²) in [5, 5.41) is 3.43. The van der Waals surface area contributed by atoms with Crippen LogP contribution in [0.3, 0.4) is 0 Å². The number of amides is 1. The monoisotopic (exact) mass is 541 g/mol. The number of benzene rings is 2. The number of alkyl halides is 3. The number of likely N-dealkylation sites (tertiary alicyclic amines) is 1. The lowest BCUT2D eigenvalue weighted by atomic mass is 10.0. The van der Waals surface area contributed by atoms with E-state index in [0.29, 0.717) is 66.8 Å². The van der Waals surface area contributed by atoms with E-state index in [-0.39, 0.29) is 18.5 Å². The predicted octanol–water partition coefficient (Wildman–Crippen LogP) is 4.73. The highest BCUT2D eigenvalue weighted by Crippen LogP contribution is 2.31.